The molecule has 2 aliphatic heterocycles. The Kier molecular flexibility index (Phi) is 12.3. The molecule has 0 radical (unpaired) electrons. The van der Waals surface area contributed by atoms with Crippen LogP contribution in [0.25, 0.3) is 22.2 Å². The van der Waals surface area contributed by atoms with Gasteiger partial charge in [0.1, 0.15) is 28.7 Å². The highest BCUT2D eigenvalue weighted by atomic mass is 35.5. The van der Waals surface area contributed by atoms with Crippen LogP contribution in [0.2, 0.25) is 23.2 Å². The number of carboxylic acid groups (broad SMARTS) is 1. The first-order chi connectivity index (χ1) is 30.0. The number of piperazine rings is 1. The number of anilines is 2. The first-order valence-electron chi connectivity index (χ1n) is 21.7. The van der Waals surface area contributed by atoms with Gasteiger partial charge in [-0.3, -0.25) is 4.90 Å². The summed E-state index contributed by atoms with van der Waals surface area (Å²) in [6.45, 7) is 15.9. The van der Waals surface area contributed by atoms with Gasteiger partial charge in [-0.2, -0.15) is 9.97 Å². The van der Waals surface area contributed by atoms with Gasteiger partial charge in [-0.1, -0.05) is 56.6 Å². The quantitative estimate of drug-likeness (QED) is 0.101. The number of hydrogen-bond acceptors (Lipinski definition) is 10. The number of methoxy groups -OCH3 is 2. The lowest BCUT2D eigenvalue weighted by Crippen LogP contribution is -2.55. The molecule has 12 nitrogen and oxygen atoms in total. The van der Waals surface area contributed by atoms with Crippen LogP contribution in [0.15, 0.2) is 66.7 Å². The first-order valence-corrected chi connectivity index (χ1v) is 25.0. The van der Waals surface area contributed by atoms with E-state index in [1.54, 1.807) is 25.2 Å². The van der Waals surface area contributed by atoms with Crippen LogP contribution in [-0.2, 0) is 17.5 Å². The molecule has 1 amide bonds. The van der Waals surface area contributed by atoms with Crippen molar-refractivity contribution in [3.05, 3.63) is 94.3 Å². The molecular formula is C48H58ClFN6O6Si. The second-order valence-corrected chi connectivity index (χ2v) is 24.2. The number of fused-ring (bicyclic) bond motifs is 3. The van der Waals surface area contributed by atoms with Crippen LogP contribution in [0.5, 0.6) is 17.5 Å². The third-order valence-corrected chi connectivity index (χ3v) is 18.2. The Morgan fingerprint density at radius 3 is 2.02 bits per heavy atom. The topological polar surface area (TPSA) is 123 Å². The predicted molar refractivity (Wildman–Crippen MR) is 248 cm³/mol. The Labute approximate surface area is 375 Å². The number of aryl methyl sites for hydroxylation is 1. The number of halogens is 2. The van der Waals surface area contributed by atoms with Crippen molar-refractivity contribution in [1.82, 2.24) is 19.9 Å². The molecule has 0 spiro atoms. The molecule has 4 heterocycles. The van der Waals surface area contributed by atoms with Crippen molar-refractivity contribution in [3.8, 4) is 28.8 Å². The van der Waals surface area contributed by atoms with Crippen molar-refractivity contribution >= 4 is 48.6 Å². The molecule has 8 rings (SSSR count). The summed E-state index contributed by atoms with van der Waals surface area (Å²) >= 11 is 7.14. The molecule has 15 heteroatoms. The largest absolute Gasteiger partial charge is 0.497 e. The molecule has 63 heavy (non-hydrogen) atoms. The molecule has 3 aliphatic rings. The highest BCUT2D eigenvalue weighted by molar-refractivity contribution is 6.74. The average molecular weight is 898 g/mol. The van der Waals surface area contributed by atoms with Crippen LogP contribution in [0.4, 0.5) is 20.8 Å². The van der Waals surface area contributed by atoms with Crippen LogP contribution in [-0.4, -0.2) is 92.0 Å². The number of amides is 1. The Morgan fingerprint density at radius 1 is 0.905 bits per heavy atom. The number of ether oxygens (including phenoxy) is 3. The lowest BCUT2D eigenvalue weighted by atomic mass is 10.0. The fourth-order valence-electron chi connectivity index (χ4n) is 8.42. The van der Waals surface area contributed by atoms with Gasteiger partial charge in [-0.25, -0.2) is 14.2 Å². The Hall–Kier alpha value is -5.18. The predicted octanol–water partition coefficient (Wildman–Crippen LogP) is 10.5. The maximum absolute atomic E-state index is 17.6. The van der Waals surface area contributed by atoms with Gasteiger partial charge in [-0.05, 0) is 110 Å². The maximum atomic E-state index is 17.6. The Balaban J connectivity index is 1.18. The minimum absolute atomic E-state index is 0.0549. The fourth-order valence-corrected chi connectivity index (χ4v) is 9.81. The molecule has 5 aromatic rings. The van der Waals surface area contributed by atoms with Crippen molar-refractivity contribution < 1.29 is 32.9 Å². The highest BCUT2D eigenvalue weighted by Gasteiger charge is 2.48. The van der Waals surface area contributed by atoms with Crippen LogP contribution < -0.4 is 24.0 Å². The number of carbonyl (C=O) groups is 1. The van der Waals surface area contributed by atoms with Crippen LogP contribution in [0, 0.1) is 18.2 Å². The van der Waals surface area contributed by atoms with Crippen LogP contribution in [0.1, 0.15) is 63.1 Å². The number of benzene rings is 3. The molecule has 2 unspecified atom stereocenters. The van der Waals surface area contributed by atoms with E-state index in [9.17, 15) is 9.90 Å². The standard InChI is InChI=1S/C48H58ClFN6O6Si/c1-30-21-39(51-40(22-30)54(24-31-9-15-35(59-5)16-10-31)25-32-11-17-36(60-6)18-12-32)41-38(49)23-37-43(42(41)50)52-45(61-28-48(19-20-48)29-62-63(7,8)47(2,3)4)53-44(37)55-26-33-13-14-34(27-55)56(33)46(57)58/h9-12,15-18,21-23,33-34H,13-14,19-20,24-29H2,1-8H3,(H,57,58). The van der Waals surface area contributed by atoms with E-state index in [-0.39, 0.29) is 44.7 Å². The number of rotatable bonds is 15. The number of nitrogens with zero attached hydrogens (tertiary/aromatic N) is 6. The van der Waals surface area contributed by atoms with Crippen molar-refractivity contribution in [1.29, 1.82) is 0 Å². The number of aromatic nitrogens is 3. The van der Waals surface area contributed by atoms with E-state index in [4.69, 9.17) is 45.2 Å². The summed E-state index contributed by atoms with van der Waals surface area (Å²) in [5.74, 6) is 1.99. The molecule has 1 N–H and O–H groups in total. The second-order valence-electron chi connectivity index (χ2n) is 19.0. The number of hydrogen-bond donors (Lipinski definition) is 1. The second kappa shape index (κ2) is 17.4. The molecule has 2 aromatic heterocycles. The summed E-state index contributed by atoms with van der Waals surface area (Å²) < 4.78 is 41.5. The Morgan fingerprint density at radius 2 is 1.49 bits per heavy atom. The van der Waals surface area contributed by atoms with E-state index in [0.717, 1.165) is 53.9 Å². The molecule has 2 bridgehead atoms. The summed E-state index contributed by atoms with van der Waals surface area (Å²) in [5, 5.41) is 10.7. The van der Waals surface area contributed by atoms with E-state index in [1.165, 1.54) is 0 Å². The molecule has 334 valence electrons. The van der Waals surface area contributed by atoms with Crippen molar-refractivity contribution in [2.45, 2.75) is 96.7 Å². The fraction of sp³-hybridized carbons (Fsp3) is 0.458. The van der Waals surface area contributed by atoms with Gasteiger partial charge in [0.25, 0.3) is 0 Å². The van der Waals surface area contributed by atoms with E-state index >= 15 is 4.39 Å². The molecule has 2 saturated heterocycles. The zero-order chi connectivity index (χ0) is 44.8. The van der Waals surface area contributed by atoms with Gasteiger partial charge < -0.3 is 33.5 Å². The monoisotopic (exact) mass is 896 g/mol. The van der Waals surface area contributed by atoms with Gasteiger partial charge in [-0.15, -0.1) is 0 Å². The highest BCUT2D eigenvalue weighted by Crippen LogP contribution is 2.49. The third kappa shape index (κ3) is 9.39. The van der Waals surface area contributed by atoms with E-state index in [1.807, 2.05) is 72.5 Å². The Bertz CT molecular complexity index is 2420. The zero-order valence-electron chi connectivity index (χ0n) is 37.5. The molecular weight excluding hydrogens is 839 g/mol. The molecule has 1 aliphatic carbocycles. The molecule has 3 fully saturated rings. The summed E-state index contributed by atoms with van der Waals surface area (Å²) in [4.78, 5) is 32.8. The van der Waals surface area contributed by atoms with Gasteiger partial charge in [0.2, 0.25) is 0 Å². The lowest BCUT2D eigenvalue weighted by Gasteiger charge is -2.40. The van der Waals surface area contributed by atoms with Crippen molar-refractivity contribution in [2.24, 2.45) is 5.41 Å². The molecule has 3 aromatic carbocycles. The summed E-state index contributed by atoms with van der Waals surface area (Å²) in [6, 6.07) is 21.0. The van der Waals surface area contributed by atoms with E-state index < -0.39 is 20.2 Å². The zero-order valence-corrected chi connectivity index (χ0v) is 39.3. The van der Waals surface area contributed by atoms with Crippen molar-refractivity contribution in [3.63, 3.8) is 0 Å². The smallest absolute Gasteiger partial charge is 0.407 e. The third-order valence-electron chi connectivity index (χ3n) is 13.5. The van der Waals surface area contributed by atoms with Gasteiger partial charge >= 0.3 is 12.1 Å². The maximum Gasteiger partial charge on any atom is 0.407 e. The van der Waals surface area contributed by atoms with Crippen LogP contribution >= 0.6 is 11.6 Å². The van der Waals surface area contributed by atoms with E-state index in [0.29, 0.717) is 62.1 Å². The molecule has 2 atom stereocenters. The summed E-state index contributed by atoms with van der Waals surface area (Å²) in [6.07, 6.45) is 2.46. The lowest BCUT2D eigenvalue weighted by molar-refractivity contribution is 0.114. The SMILES string of the molecule is COc1ccc(CN(Cc2ccc(OC)cc2)c2cc(C)cc(-c3c(Cl)cc4c(N5CC6CCC(C5)N6C(=O)O)nc(OCC5(CO[Si](C)(C)C(C)(C)C)CC5)nc4c3F)n2)cc1. The van der Waals surface area contributed by atoms with Crippen LogP contribution in [0.3, 0.4) is 0 Å². The van der Waals surface area contributed by atoms with Crippen molar-refractivity contribution in [2.75, 3.05) is 50.3 Å². The van der Waals surface area contributed by atoms with Gasteiger partial charge in [0, 0.05) is 43.6 Å². The minimum Gasteiger partial charge on any atom is -0.497 e. The van der Waals surface area contributed by atoms with Gasteiger partial charge in [0.15, 0.2) is 14.1 Å². The van der Waals surface area contributed by atoms with E-state index in [2.05, 4.69) is 38.8 Å². The normalized spacial score (nSPS) is 18.1. The molecule has 1 saturated carbocycles. The first kappa shape index (κ1) is 44.4. The summed E-state index contributed by atoms with van der Waals surface area (Å²) in [5.41, 5.74) is 3.32. The number of pyridine rings is 1. The van der Waals surface area contributed by atoms with Gasteiger partial charge in [0.05, 0.1) is 49.2 Å². The average Bonchev–Trinajstić information content (AvgIpc) is 3.97. The summed E-state index contributed by atoms with van der Waals surface area (Å²) in [7, 11) is 1.28. The minimum atomic E-state index is -2.01.